The van der Waals surface area contributed by atoms with Crippen molar-refractivity contribution < 1.29 is 14.3 Å². The van der Waals surface area contributed by atoms with E-state index in [2.05, 4.69) is 9.97 Å². The first-order valence-corrected chi connectivity index (χ1v) is 8.45. The van der Waals surface area contributed by atoms with Gasteiger partial charge in [0, 0.05) is 17.8 Å². The van der Waals surface area contributed by atoms with Crippen molar-refractivity contribution in [3.63, 3.8) is 0 Å². The number of ketones is 1. The number of nitrogens with zero attached hydrogens (tertiary/aromatic N) is 1. The van der Waals surface area contributed by atoms with Gasteiger partial charge in [-0.3, -0.25) is 9.36 Å². The highest BCUT2D eigenvalue weighted by Gasteiger charge is 2.20. The Hall–Kier alpha value is -3.09. The molecule has 0 fully saturated rings. The van der Waals surface area contributed by atoms with Gasteiger partial charge in [0.1, 0.15) is 5.69 Å². The van der Waals surface area contributed by atoms with Crippen LogP contribution < -0.4 is 5.69 Å². The smallest absolute Gasteiger partial charge is 0.355 e. The third-order valence-electron chi connectivity index (χ3n) is 4.43. The zero-order valence-corrected chi connectivity index (χ0v) is 15.0. The maximum Gasteiger partial charge on any atom is 0.355 e. The van der Waals surface area contributed by atoms with Gasteiger partial charge in [0.2, 0.25) is 0 Å². The molecule has 2 N–H and O–H groups in total. The molecule has 2 heterocycles. The van der Waals surface area contributed by atoms with Gasteiger partial charge in [-0.1, -0.05) is 12.1 Å². The number of aromatic amines is 2. The van der Waals surface area contributed by atoms with Gasteiger partial charge in [-0.05, 0) is 44.9 Å². The molecule has 0 atom stereocenters. The van der Waals surface area contributed by atoms with Crippen LogP contribution in [0.2, 0.25) is 0 Å². The highest BCUT2D eigenvalue weighted by molar-refractivity contribution is 6.01. The Kier molecular flexibility index (Phi) is 4.79. The maximum absolute atomic E-state index is 12.3. The largest absolute Gasteiger partial charge is 0.461 e. The van der Waals surface area contributed by atoms with Crippen LogP contribution in [-0.4, -0.2) is 32.9 Å². The summed E-state index contributed by atoms with van der Waals surface area (Å²) in [6, 6.07) is 7.44. The number of imidazole rings is 1. The zero-order valence-electron chi connectivity index (χ0n) is 15.0. The number of para-hydroxylation sites is 2. The van der Waals surface area contributed by atoms with Crippen molar-refractivity contribution in [1.29, 1.82) is 0 Å². The van der Waals surface area contributed by atoms with Gasteiger partial charge in [-0.25, -0.2) is 9.59 Å². The third-order valence-corrected chi connectivity index (χ3v) is 4.43. The van der Waals surface area contributed by atoms with E-state index in [4.69, 9.17) is 4.74 Å². The molecule has 3 rings (SSSR count). The van der Waals surface area contributed by atoms with Crippen LogP contribution in [-0.2, 0) is 11.3 Å². The molecule has 0 bridgehead atoms. The molecule has 0 amide bonds. The summed E-state index contributed by atoms with van der Waals surface area (Å²) in [6.45, 7) is 5.57. The van der Waals surface area contributed by atoms with Crippen LogP contribution in [0.1, 0.15) is 45.4 Å². The molecule has 3 aromatic rings. The number of Topliss-reactive ketones (excluding diaryl/α,β-unsaturated/α-hetero) is 1. The number of carbonyl (C=O) groups excluding carboxylic acids is 2. The maximum atomic E-state index is 12.3. The number of ether oxygens (including phenoxy) is 1. The molecule has 0 spiro atoms. The summed E-state index contributed by atoms with van der Waals surface area (Å²) in [5.41, 5.74) is 3.52. The number of esters is 1. The van der Waals surface area contributed by atoms with Crippen LogP contribution in [0.3, 0.4) is 0 Å². The van der Waals surface area contributed by atoms with E-state index in [0.29, 0.717) is 35.5 Å². The molecule has 0 radical (unpaired) electrons. The summed E-state index contributed by atoms with van der Waals surface area (Å²) >= 11 is 0. The number of hydrogen-bond donors (Lipinski definition) is 2. The summed E-state index contributed by atoms with van der Waals surface area (Å²) in [6.07, 6.45) is 0.506. The van der Waals surface area contributed by atoms with Gasteiger partial charge >= 0.3 is 11.7 Å². The first-order chi connectivity index (χ1) is 12.4. The number of aryl methyl sites for hydroxylation is 2. The van der Waals surface area contributed by atoms with Crippen molar-refractivity contribution in [2.24, 2.45) is 0 Å². The second-order valence-electron chi connectivity index (χ2n) is 6.27. The molecule has 2 aromatic heterocycles. The Balaban J connectivity index is 1.63. The monoisotopic (exact) mass is 355 g/mol. The topological polar surface area (TPSA) is 96.9 Å². The van der Waals surface area contributed by atoms with Gasteiger partial charge in [-0.15, -0.1) is 0 Å². The normalized spacial score (nSPS) is 11.0. The molecule has 136 valence electrons. The summed E-state index contributed by atoms with van der Waals surface area (Å²) in [5.74, 6) is -0.585. The predicted octanol–water partition coefficient (Wildman–Crippen LogP) is 2.72. The lowest BCUT2D eigenvalue weighted by atomic mass is 10.1. The van der Waals surface area contributed by atoms with E-state index in [-0.39, 0.29) is 18.1 Å². The van der Waals surface area contributed by atoms with Crippen molar-refractivity contribution in [2.75, 3.05) is 6.61 Å². The van der Waals surface area contributed by atoms with Crippen LogP contribution in [0.4, 0.5) is 0 Å². The molecule has 0 aliphatic rings. The Bertz CT molecular complexity index is 1040. The summed E-state index contributed by atoms with van der Waals surface area (Å²) < 4.78 is 6.93. The van der Waals surface area contributed by atoms with Crippen molar-refractivity contribution in [2.45, 2.75) is 33.7 Å². The number of H-pyrrole nitrogens is 2. The molecule has 26 heavy (non-hydrogen) atoms. The second kappa shape index (κ2) is 7.03. The predicted molar refractivity (Wildman–Crippen MR) is 97.7 cm³/mol. The van der Waals surface area contributed by atoms with Crippen LogP contribution in [0.5, 0.6) is 0 Å². The lowest BCUT2D eigenvalue weighted by molar-refractivity contribution is 0.0489. The molecule has 7 nitrogen and oxygen atoms in total. The summed E-state index contributed by atoms with van der Waals surface area (Å²) in [7, 11) is 0. The van der Waals surface area contributed by atoms with E-state index < -0.39 is 5.97 Å². The minimum Gasteiger partial charge on any atom is -0.461 e. The molecule has 0 saturated carbocycles. The lowest BCUT2D eigenvalue weighted by Crippen LogP contribution is -2.18. The number of benzene rings is 1. The first-order valence-electron chi connectivity index (χ1n) is 8.45. The van der Waals surface area contributed by atoms with E-state index >= 15 is 0 Å². The average molecular weight is 355 g/mol. The number of aromatic nitrogens is 3. The average Bonchev–Trinajstić information content (AvgIpc) is 3.07. The molecule has 0 aliphatic heterocycles. The van der Waals surface area contributed by atoms with E-state index in [0.717, 1.165) is 11.0 Å². The van der Waals surface area contributed by atoms with Gasteiger partial charge in [0.25, 0.3) is 0 Å². The first kappa shape index (κ1) is 17.7. The molecule has 0 saturated heterocycles. The quantitative estimate of drug-likeness (QED) is 0.404. The van der Waals surface area contributed by atoms with Gasteiger partial charge < -0.3 is 14.7 Å². The van der Waals surface area contributed by atoms with Crippen LogP contribution >= 0.6 is 0 Å². The van der Waals surface area contributed by atoms with Gasteiger partial charge in [-0.2, -0.15) is 0 Å². The molecule has 0 unspecified atom stereocenters. The van der Waals surface area contributed by atoms with Crippen molar-refractivity contribution in [3.05, 3.63) is 57.3 Å². The lowest BCUT2D eigenvalue weighted by Gasteiger charge is -2.06. The van der Waals surface area contributed by atoms with Crippen molar-refractivity contribution in [3.8, 4) is 0 Å². The molecular formula is C19H21N3O4. The molecule has 0 aliphatic carbocycles. The molecule has 1 aromatic carbocycles. The highest BCUT2D eigenvalue weighted by atomic mass is 16.5. The SMILES string of the molecule is CC(=O)c1c(C)[nH]c(C(=O)OCCCn2c(=O)[nH]c3ccccc32)c1C. The highest BCUT2D eigenvalue weighted by Crippen LogP contribution is 2.19. The Morgan fingerprint density at radius 3 is 2.58 bits per heavy atom. The molecule has 7 heteroatoms. The number of rotatable bonds is 6. The van der Waals surface area contributed by atoms with Crippen LogP contribution in [0.25, 0.3) is 11.0 Å². The standard InChI is InChI=1S/C19H21N3O4/c1-11-16(13(3)23)12(2)20-17(11)18(24)26-10-6-9-22-15-8-5-4-7-14(15)21-19(22)25/h4-5,7-8,20H,6,9-10H2,1-3H3,(H,21,25). The van der Waals surface area contributed by atoms with E-state index in [1.807, 2.05) is 24.3 Å². The minimum atomic E-state index is -0.496. The minimum absolute atomic E-state index is 0.0889. The van der Waals surface area contributed by atoms with Gasteiger partial charge in [0.15, 0.2) is 5.78 Å². The van der Waals surface area contributed by atoms with E-state index in [1.54, 1.807) is 18.4 Å². The van der Waals surface area contributed by atoms with Crippen LogP contribution in [0, 0.1) is 13.8 Å². The Morgan fingerprint density at radius 1 is 1.15 bits per heavy atom. The number of nitrogens with one attached hydrogen (secondary N) is 2. The number of carbonyl (C=O) groups is 2. The number of hydrogen-bond acceptors (Lipinski definition) is 4. The van der Waals surface area contributed by atoms with Gasteiger partial charge in [0.05, 0.1) is 17.6 Å². The zero-order chi connectivity index (χ0) is 18.8. The fourth-order valence-corrected chi connectivity index (χ4v) is 3.27. The summed E-state index contributed by atoms with van der Waals surface area (Å²) in [5, 5.41) is 0. The van der Waals surface area contributed by atoms with Crippen LogP contribution in [0.15, 0.2) is 29.1 Å². The fourth-order valence-electron chi connectivity index (χ4n) is 3.27. The third kappa shape index (κ3) is 3.20. The van der Waals surface area contributed by atoms with E-state index in [1.165, 1.54) is 6.92 Å². The Labute approximate surface area is 150 Å². The number of fused-ring (bicyclic) bond motifs is 1. The second-order valence-corrected chi connectivity index (χ2v) is 6.27. The fraction of sp³-hybridized carbons (Fsp3) is 0.316. The van der Waals surface area contributed by atoms with Crippen molar-refractivity contribution in [1.82, 2.24) is 14.5 Å². The van der Waals surface area contributed by atoms with Crippen molar-refractivity contribution >= 4 is 22.8 Å². The molecular weight excluding hydrogens is 334 g/mol. The van der Waals surface area contributed by atoms with E-state index in [9.17, 15) is 14.4 Å². The Morgan fingerprint density at radius 2 is 1.88 bits per heavy atom. The summed E-state index contributed by atoms with van der Waals surface area (Å²) in [4.78, 5) is 41.6.